The van der Waals surface area contributed by atoms with Crippen molar-refractivity contribution in [3.05, 3.63) is 0 Å². The van der Waals surface area contributed by atoms with Crippen LogP contribution in [0.5, 0.6) is 0 Å². The number of hydrogen-bond acceptors (Lipinski definition) is 4. The van der Waals surface area contributed by atoms with Crippen LogP contribution in [-0.4, -0.2) is 56.5 Å². The second-order valence-electron chi connectivity index (χ2n) is 4.65. The molecule has 1 N–H and O–H groups in total. The molecule has 0 aliphatic carbocycles. The van der Waals surface area contributed by atoms with E-state index in [-0.39, 0.29) is 11.8 Å². The van der Waals surface area contributed by atoms with E-state index in [1.54, 1.807) is 0 Å². The van der Waals surface area contributed by atoms with Gasteiger partial charge in [-0.15, -0.1) is 0 Å². The predicted molar refractivity (Wildman–Crippen MR) is 64.7 cm³/mol. The normalized spacial score (nSPS) is 19.0. The van der Waals surface area contributed by atoms with Crippen molar-refractivity contribution in [3.63, 3.8) is 0 Å². The maximum Gasteiger partial charge on any atom is 0.230 e. The number of ether oxygens (including phenoxy) is 1. The number of hydrogen-bond donors (Lipinski definition) is 1. The minimum absolute atomic E-state index is 0.0517. The molecule has 0 aromatic carbocycles. The minimum atomic E-state index is -0.528. The van der Waals surface area contributed by atoms with Gasteiger partial charge >= 0.3 is 0 Å². The van der Waals surface area contributed by atoms with Crippen LogP contribution in [0.15, 0.2) is 0 Å². The first-order chi connectivity index (χ1) is 8.15. The second-order valence-corrected chi connectivity index (χ2v) is 4.65. The summed E-state index contributed by atoms with van der Waals surface area (Å²) >= 11 is 0. The molecule has 0 unspecified atom stereocenters. The fourth-order valence-corrected chi connectivity index (χ4v) is 1.80. The fraction of sp³-hybridized carbons (Fsp3) is 0.833. The van der Waals surface area contributed by atoms with Gasteiger partial charge in [0.2, 0.25) is 5.91 Å². The summed E-state index contributed by atoms with van der Waals surface area (Å²) < 4.78 is 5.24. The summed E-state index contributed by atoms with van der Waals surface area (Å²) in [6.07, 6.45) is 0.731. The SMILES string of the molecule is CC(C)[C@H](C=O)C(=O)NCCN1CCOCC1. The van der Waals surface area contributed by atoms with Crippen LogP contribution in [0.4, 0.5) is 0 Å². The summed E-state index contributed by atoms with van der Waals surface area (Å²) in [7, 11) is 0. The van der Waals surface area contributed by atoms with Gasteiger partial charge in [-0.1, -0.05) is 13.8 Å². The van der Waals surface area contributed by atoms with Gasteiger partial charge in [-0.25, -0.2) is 0 Å². The molecule has 1 saturated heterocycles. The summed E-state index contributed by atoms with van der Waals surface area (Å²) in [6.45, 7) is 8.51. The quantitative estimate of drug-likeness (QED) is 0.522. The monoisotopic (exact) mass is 242 g/mol. The molecule has 1 heterocycles. The van der Waals surface area contributed by atoms with E-state index in [0.29, 0.717) is 6.54 Å². The van der Waals surface area contributed by atoms with E-state index in [1.165, 1.54) is 0 Å². The van der Waals surface area contributed by atoms with E-state index in [0.717, 1.165) is 39.1 Å². The zero-order valence-electron chi connectivity index (χ0n) is 10.6. The maximum atomic E-state index is 11.7. The Labute approximate surface area is 102 Å². The maximum absolute atomic E-state index is 11.7. The van der Waals surface area contributed by atoms with E-state index in [4.69, 9.17) is 4.74 Å². The Balaban J connectivity index is 2.20. The standard InChI is InChI=1S/C12H22N2O3/c1-10(2)11(9-15)12(16)13-3-4-14-5-7-17-8-6-14/h9-11H,3-8H2,1-2H3,(H,13,16)/t11-/m0/s1. The molecule has 0 aromatic rings. The van der Waals surface area contributed by atoms with E-state index in [2.05, 4.69) is 10.2 Å². The zero-order chi connectivity index (χ0) is 12.7. The highest BCUT2D eigenvalue weighted by molar-refractivity contribution is 5.91. The van der Waals surface area contributed by atoms with Crippen LogP contribution < -0.4 is 5.32 Å². The summed E-state index contributed by atoms with van der Waals surface area (Å²) in [6, 6.07) is 0. The third-order valence-corrected chi connectivity index (χ3v) is 3.00. The minimum Gasteiger partial charge on any atom is -0.379 e. The fourth-order valence-electron chi connectivity index (χ4n) is 1.80. The molecular weight excluding hydrogens is 220 g/mol. The van der Waals surface area contributed by atoms with Crippen molar-refractivity contribution in [1.29, 1.82) is 0 Å². The summed E-state index contributed by atoms with van der Waals surface area (Å²) in [4.78, 5) is 24.7. The molecule has 1 amide bonds. The van der Waals surface area contributed by atoms with Crippen LogP contribution >= 0.6 is 0 Å². The predicted octanol–water partition coefficient (Wildman–Crippen LogP) is -0.0941. The van der Waals surface area contributed by atoms with Crippen molar-refractivity contribution < 1.29 is 14.3 Å². The molecule has 98 valence electrons. The van der Waals surface area contributed by atoms with Gasteiger partial charge in [-0.3, -0.25) is 9.69 Å². The Morgan fingerprint density at radius 3 is 2.59 bits per heavy atom. The average molecular weight is 242 g/mol. The molecule has 0 bridgehead atoms. The lowest BCUT2D eigenvalue weighted by Crippen LogP contribution is -2.43. The van der Waals surface area contributed by atoms with Crippen LogP contribution in [0.25, 0.3) is 0 Å². The number of rotatable bonds is 6. The first-order valence-corrected chi connectivity index (χ1v) is 6.18. The van der Waals surface area contributed by atoms with Gasteiger partial charge in [0.05, 0.1) is 19.1 Å². The lowest BCUT2D eigenvalue weighted by molar-refractivity contribution is -0.130. The molecule has 1 fully saturated rings. The molecule has 5 nitrogen and oxygen atoms in total. The highest BCUT2D eigenvalue weighted by atomic mass is 16.5. The first-order valence-electron chi connectivity index (χ1n) is 6.18. The topological polar surface area (TPSA) is 58.6 Å². The first kappa shape index (κ1) is 14.1. The van der Waals surface area contributed by atoms with Gasteiger partial charge in [0, 0.05) is 26.2 Å². The highest BCUT2D eigenvalue weighted by Gasteiger charge is 2.21. The molecule has 0 saturated carbocycles. The van der Waals surface area contributed by atoms with Crippen molar-refractivity contribution in [1.82, 2.24) is 10.2 Å². The summed E-state index contributed by atoms with van der Waals surface area (Å²) in [5.41, 5.74) is 0. The van der Waals surface area contributed by atoms with Crippen LogP contribution in [0.2, 0.25) is 0 Å². The number of morpholine rings is 1. The van der Waals surface area contributed by atoms with Gasteiger partial charge in [0.25, 0.3) is 0 Å². The lowest BCUT2D eigenvalue weighted by Gasteiger charge is -2.26. The number of carbonyl (C=O) groups excluding carboxylic acids is 2. The lowest BCUT2D eigenvalue weighted by atomic mass is 9.97. The molecule has 1 atom stereocenters. The van der Waals surface area contributed by atoms with Crippen molar-refractivity contribution >= 4 is 12.2 Å². The molecule has 1 aliphatic heterocycles. The van der Waals surface area contributed by atoms with Crippen LogP contribution in [0.3, 0.4) is 0 Å². The van der Waals surface area contributed by atoms with E-state index >= 15 is 0 Å². The van der Waals surface area contributed by atoms with E-state index in [9.17, 15) is 9.59 Å². The van der Waals surface area contributed by atoms with E-state index < -0.39 is 5.92 Å². The van der Waals surface area contributed by atoms with Crippen molar-refractivity contribution in [2.45, 2.75) is 13.8 Å². The Bertz CT molecular complexity index is 250. The zero-order valence-corrected chi connectivity index (χ0v) is 10.6. The number of carbonyl (C=O) groups is 2. The molecule has 0 radical (unpaired) electrons. The Kier molecular flexibility index (Phi) is 6.15. The van der Waals surface area contributed by atoms with Gasteiger partial charge in [-0.2, -0.15) is 0 Å². The van der Waals surface area contributed by atoms with Crippen molar-refractivity contribution in [3.8, 4) is 0 Å². The van der Waals surface area contributed by atoms with Gasteiger partial charge < -0.3 is 14.8 Å². The van der Waals surface area contributed by atoms with Crippen molar-refractivity contribution in [2.75, 3.05) is 39.4 Å². The van der Waals surface area contributed by atoms with Crippen LogP contribution in [0.1, 0.15) is 13.8 Å². The highest BCUT2D eigenvalue weighted by Crippen LogP contribution is 2.07. The number of nitrogens with one attached hydrogen (secondary N) is 1. The molecular formula is C12H22N2O3. The smallest absolute Gasteiger partial charge is 0.230 e. The Morgan fingerprint density at radius 1 is 1.41 bits per heavy atom. The Hall–Kier alpha value is -0.940. The van der Waals surface area contributed by atoms with Gasteiger partial charge in [-0.05, 0) is 5.92 Å². The molecule has 1 rings (SSSR count). The third kappa shape index (κ3) is 4.83. The Morgan fingerprint density at radius 2 is 2.06 bits per heavy atom. The summed E-state index contributed by atoms with van der Waals surface area (Å²) in [5, 5.41) is 2.81. The average Bonchev–Trinajstić information content (AvgIpc) is 2.30. The molecule has 5 heteroatoms. The third-order valence-electron chi connectivity index (χ3n) is 3.00. The van der Waals surface area contributed by atoms with Crippen molar-refractivity contribution in [2.24, 2.45) is 11.8 Å². The van der Waals surface area contributed by atoms with Gasteiger partial charge in [0.15, 0.2) is 0 Å². The molecule has 1 aliphatic rings. The number of aldehydes is 1. The van der Waals surface area contributed by atoms with Crippen LogP contribution in [-0.2, 0) is 14.3 Å². The van der Waals surface area contributed by atoms with Gasteiger partial charge in [0.1, 0.15) is 6.29 Å². The largest absolute Gasteiger partial charge is 0.379 e. The molecule has 0 spiro atoms. The molecule has 0 aromatic heterocycles. The number of nitrogens with zero attached hydrogens (tertiary/aromatic N) is 1. The van der Waals surface area contributed by atoms with E-state index in [1.807, 2.05) is 13.8 Å². The summed E-state index contributed by atoms with van der Waals surface area (Å²) in [5.74, 6) is -0.640. The van der Waals surface area contributed by atoms with Crippen LogP contribution in [0, 0.1) is 11.8 Å². The second kappa shape index (κ2) is 7.40. The molecule has 17 heavy (non-hydrogen) atoms. The number of amides is 1.